The van der Waals surface area contributed by atoms with E-state index in [-0.39, 0.29) is 11.9 Å². The minimum absolute atomic E-state index is 0.0285. The molecule has 0 saturated carbocycles. The van der Waals surface area contributed by atoms with Crippen LogP contribution in [0.1, 0.15) is 41.1 Å². The van der Waals surface area contributed by atoms with Gasteiger partial charge in [-0.3, -0.25) is 9.48 Å². The van der Waals surface area contributed by atoms with Crippen LogP contribution in [-0.2, 0) is 11.8 Å². The molecule has 4 heterocycles. The molecule has 1 aliphatic heterocycles. The van der Waals surface area contributed by atoms with Gasteiger partial charge in [-0.25, -0.2) is 9.97 Å². The number of likely N-dealkylation sites (tertiary alicyclic amines) is 1. The minimum atomic E-state index is -0.0721. The van der Waals surface area contributed by atoms with E-state index in [1.54, 1.807) is 23.0 Å². The summed E-state index contributed by atoms with van der Waals surface area (Å²) in [5, 5.41) is 17.0. The molecule has 1 saturated heterocycles. The number of carbonyl (C=O) groups excluding carboxylic acids is 1. The Morgan fingerprint density at radius 2 is 2.17 bits per heavy atom. The molecule has 29 heavy (non-hydrogen) atoms. The van der Waals surface area contributed by atoms with Gasteiger partial charge in [-0.15, -0.1) is 10.2 Å². The summed E-state index contributed by atoms with van der Waals surface area (Å²) < 4.78 is 1.73. The van der Waals surface area contributed by atoms with Crippen molar-refractivity contribution in [2.45, 2.75) is 32.7 Å². The minimum Gasteiger partial charge on any atom is -0.331 e. The van der Waals surface area contributed by atoms with Crippen molar-refractivity contribution >= 4 is 34.3 Å². The van der Waals surface area contributed by atoms with Gasteiger partial charge in [-0.2, -0.15) is 5.10 Å². The molecule has 9 nitrogen and oxygen atoms in total. The molecule has 1 fully saturated rings. The van der Waals surface area contributed by atoms with E-state index < -0.39 is 0 Å². The van der Waals surface area contributed by atoms with Crippen LogP contribution in [0.25, 0.3) is 6.08 Å². The lowest BCUT2D eigenvalue weighted by molar-refractivity contribution is -0.126. The summed E-state index contributed by atoms with van der Waals surface area (Å²) in [5.41, 5.74) is 1.71. The maximum atomic E-state index is 12.8. The lowest BCUT2D eigenvalue weighted by atomic mass is 10.1. The highest BCUT2D eigenvalue weighted by atomic mass is 32.1. The molecule has 1 aliphatic rings. The normalized spacial score (nSPS) is 16.7. The van der Waals surface area contributed by atoms with Gasteiger partial charge in [0, 0.05) is 31.9 Å². The highest BCUT2D eigenvalue weighted by molar-refractivity contribution is 7.15. The van der Waals surface area contributed by atoms with Crippen molar-refractivity contribution in [3.63, 3.8) is 0 Å². The summed E-state index contributed by atoms with van der Waals surface area (Å²) in [4.78, 5) is 23.8. The molecule has 3 aromatic rings. The number of anilines is 2. The summed E-state index contributed by atoms with van der Waals surface area (Å²) in [5.74, 6) is 1.28. The van der Waals surface area contributed by atoms with Crippen molar-refractivity contribution in [2.75, 3.05) is 11.9 Å². The first-order chi connectivity index (χ1) is 14.0. The first kappa shape index (κ1) is 19.2. The predicted octanol–water partition coefficient (Wildman–Crippen LogP) is 2.80. The van der Waals surface area contributed by atoms with Crippen LogP contribution in [0.2, 0.25) is 0 Å². The zero-order valence-electron chi connectivity index (χ0n) is 16.5. The van der Waals surface area contributed by atoms with Gasteiger partial charge in [0.05, 0.1) is 17.4 Å². The average molecular weight is 411 g/mol. The summed E-state index contributed by atoms with van der Waals surface area (Å²) in [6, 6.07) is 3.69. The van der Waals surface area contributed by atoms with E-state index in [1.165, 1.54) is 11.3 Å². The van der Waals surface area contributed by atoms with Crippen molar-refractivity contribution in [1.29, 1.82) is 0 Å². The highest BCUT2D eigenvalue weighted by Gasteiger charge is 2.30. The third-order valence-electron chi connectivity index (χ3n) is 4.75. The van der Waals surface area contributed by atoms with Crippen molar-refractivity contribution in [3.05, 3.63) is 46.6 Å². The van der Waals surface area contributed by atoms with E-state index in [0.29, 0.717) is 23.3 Å². The maximum Gasteiger partial charge on any atom is 0.247 e. The summed E-state index contributed by atoms with van der Waals surface area (Å²) >= 11 is 1.46. The van der Waals surface area contributed by atoms with Gasteiger partial charge in [0.2, 0.25) is 11.0 Å². The molecule has 3 aromatic heterocycles. The fourth-order valence-corrected chi connectivity index (χ4v) is 4.02. The smallest absolute Gasteiger partial charge is 0.247 e. The van der Waals surface area contributed by atoms with Gasteiger partial charge in [-0.1, -0.05) is 11.3 Å². The Labute approximate surface area is 172 Å². The number of amides is 1. The van der Waals surface area contributed by atoms with Crippen molar-refractivity contribution < 1.29 is 4.79 Å². The van der Waals surface area contributed by atoms with Crippen molar-refractivity contribution in [3.8, 4) is 0 Å². The Morgan fingerprint density at radius 3 is 2.90 bits per heavy atom. The lowest BCUT2D eigenvalue weighted by Gasteiger charge is -2.23. The largest absolute Gasteiger partial charge is 0.331 e. The standard InChI is InChI=1S/C19H22N8OS/c1-12-21-15(11-17(22-12)23-19-25-24-13(2)29-19)16-5-4-10-27(16)18(28)7-6-14-8-9-20-26(14)3/h6-9,11,16H,4-5,10H2,1-3H3,(H,21,22,23,25)/b7-6+/t16-/m0/s1. The van der Waals surface area contributed by atoms with Crippen LogP contribution in [-0.4, -0.2) is 47.3 Å². The van der Waals surface area contributed by atoms with E-state index in [4.69, 9.17) is 0 Å². The number of aromatic nitrogens is 6. The number of aryl methyl sites for hydroxylation is 3. The first-order valence-electron chi connectivity index (χ1n) is 9.39. The third kappa shape index (κ3) is 4.32. The average Bonchev–Trinajstić information content (AvgIpc) is 3.41. The van der Waals surface area contributed by atoms with Gasteiger partial charge in [-0.05, 0) is 38.8 Å². The molecule has 150 valence electrons. The molecular weight excluding hydrogens is 388 g/mol. The second-order valence-corrected chi connectivity index (χ2v) is 8.06. The molecule has 1 N–H and O–H groups in total. The first-order valence-corrected chi connectivity index (χ1v) is 10.2. The van der Waals surface area contributed by atoms with Gasteiger partial charge < -0.3 is 10.2 Å². The van der Waals surface area contributed by atoms with E-state index in [9.17, 15) is 4.79 Å². The van der Waals surface area contributed by atoms with Crippen LogP contribution in [0.5, 0.6) is 0 Å². The summed E-state index contributed by atoms with van der Waals surface area (Å²) in [6.07, 6.45) is 6.92. The molecule has 0 unspecified atom stereocenters. The van der Waals surface area contributed by atoms with Crippen LogP contribution in [0.4, 0.5) is 10.9 Å². The Hall–Kier alpha value is -3.14. The van der Waals surface area contributed by atoms with Crippen LogP contribution >= 0.6 is 11.3 Å². The van der Waals surface area contributed by atoms with E-state index >= 15 is 0 Å². The van der Waals surface area contributed by atoms with Gasteiger partial charge >= 0.3 is 0 Å². The third-order valence-corrected chi connectivity index (χ3v) is 5.51. The molecule has 0 spiro atoms. The number of nitrogens with one attached hydrogen (secondary N) is 1. The van der Waals surface area contributed by atoms with Crippen LogP contribution in [0.15, 0.2) is 24.4 Å². The monoisotopic (exact) mass is 410 g/mol. The van der Waals surface area contributed by atoms with Crippen molar-refractivity contribution in [1.82, 2.24) is 34.8 Å². The highest BCUT2D eigenvalue weighted by Crippen LogP contribution is 2.32. The SMILES string of the molecule is Cc1nc(Nc2nnc(C)s2)cc([C@@H]2CCCN2C(=O)/C=C/c2ccnn2C)n1. The van der Waals surface area contributed by atoms with Crippen LogP contribution in [0.3, 0.4) is 0 Å². The van der Waals surface area contributed by atoms with Crippen LogP contribution < -0.4 is 5.32 Å². The number of rotatable bonds is 5. The zero-order chi connectivity index (χ0) is 20.4. The van der Waals surface area contributed by atoms with Crippen LogP contribution in [0, 0.1) is 13.8 Å². The van der Waals surface area contributed by atoms with E-state index in [2.05, 4.69) is 30.6 Å². The van der Waals surface area contributed by atoms with Gasteiger partial charge in [0.1, 0.15) is 16.6 Å². The predicted molar refractivity (Wildman–Crippen MR) is 111 cm³/mol. The second kappa shape index (κ2) is 8.08. The molecule has 1 amide bonds. The molecule has 4 rings (SSSR count). The Bertz CT molecular complexity index is 1060. The number of hydrogen-bond donors (Lipinski definition) is 1. The Kier molecular flexibility index (Phi) is 5.34. The Balaban J connectivity index is 1.54. The second-order valence-electron chi connectivity index (χ2n) is 6.88. The zero-order valence-corrected chi connectivity index (χ0v) is 17.3. The summed E-state index contributed by atoms with van der Waals surface area (Å²) in [6.45, 7) is 4.46. The molecule has 0 bridgehead atoms. The van der Waals surface area contributed by atoms with Gasteiger partial charge in [0.15, 0.2) is 0 Å². The number of carbonyl (C=O) groups is 1. The molecule has 0 radical (unpaired) electrons. The molecule has 0 aromatic carbocycles. The molecule has 10 heteroatoms. The summed E-state index contributed by atoms with van der Waals surface area (Å²) in [7, 11) is 1.85. The lowest BCUT2D eigenvalue weighted by Crippen LogP contribution is -2.29. The maximum absolute atomic E-state index is 12.8. The fourth-order valence-electron chi connectivity index (χ4n) is 3.42. The molecule has 1 atom stereocenters. The Morgan fingerprint density at radius 1 is 1.31 bits per heavy atom. The van der Waals surface area contributed by atoms with Crippen molar-refractivity contribution in [2.24, 2.45) is 7.05 Å². The molecule has 0 aliphatic carbocycles. The van der Waals surface area contributed by atoms with E-state index in [1.807, 2.05) is 37.9 Å². The number of nitrogens with zero attached hydrogens (tertiary/aromatic N) is 7. The van der Waals surface area contributed by atoms with E-state index in [0.717, 1.165) is 29.2 Å². The number of hydrogen-bond acceptors (Lipinski definition) is 8. The topological polar surface area (TPSA) is 102 Å². The fraction of sp³-hybridized carbons (Fsp3) is 0.368. The van der Waals surface area contributed by atoms with Gasteiger partial charge in [0.25, 0.3) is 0 Å². The quantitative estimate of drug-likeness (QED) is 0.645. The molecular formula is C19H22N8OS.